The summed E-state index contributed by atoms with van der Waals surface area (Å²) in [5, 5.41) is 8.02. The molecule has 0 amide bonds. The van der Waals surface area contributed by atoms with E-state index in [0.717, 1.165) is 22.9 Å². The van der Waals surface area contributed by atoms with E-state index in [1.54, 1.807) is 0 Å². The van der Waals surface area contributed by atoms with E-state index in [-0.39, 0.29) is 0 Å². The van der Waals surface area contributed by atoms with Gasteiger partial charge in [-0.3, -0.25) is 9.38 Å². The lowest BCUT2D eigenvalue weighted by molar-refractivity contribution is 0.958. The Balaban J connectivity index is 2.98. The predicted molar refractivity (Wildman–Crippen MR) is 45.0 cm³/mol. The standard InChI is InChI=1S/C8H10N4/c1-5-4-9-6(2)8-11-10-7(3)12(5)8/h4H,1-3H3. The maximum absolute atomic E-state index is 4.20. The lowest BCUT2D eigenvalue weighted by atomic mass is 10.4. The van der Waals surface area contributed by atoms with Gasteiger partial charge in [0.25, 0.3) is 0 Å². The second-order valence-electron chi connectivity index (χ2n) is 2.89. The molecule has 0 saturated carbocycles. The Kier molecular flexibility index (Phi) is 1.36. The molecule has 4 heteroatoms. The van der Waals surface area contributed by atoms with Crippen LogP contribution in [0.15, 0.2) is 6.20 Å². The monoisotopic (exact) mass is 162 g/mol. The van der Waals surface area contributed by atoms with Crippen LogP contribution < -0.4 is 0 Å². The van der Waals surface area contributed by atoms with Crippen molar-refractivity contribution in [3.8, 4) is 0 Å². The molecule has 0 saturated heterocycles. The number of aromatic nitrogens is 4. The summed E-state index contributed by atoms with van der Waals surface area (Å²) in [5.41, 5.74) is 2.84. The molecule has 4 nitrogen and oxygen atoms in total. The smallest absolute Gasteiger partial charge is 0.182 e. The first-order valence-electron chi connectivity index (χ1n) is 3.84. The minimum Gasteiger partial charge on any atom is -0.281 e. The minimum atomic E-state index is 0.854. The van der Waals surface area contributed by atoms with Crippen LogP contribution in [0.2, 0.25) is 0 Å². The topological polar surface area (TPSA) is 43.1 Å². The summed E-state index contributed by atoms with van der Waals surface area (Å²) in [4.78, 5) is 4.20. The molecule has 0 aliphatic heterocycles. The molecule has 0 unspecified atom stereocenters. The van der Waals surface area contributed by atoms with Crippen LogP contribution in [-0.2, 0) is 0 Å². The van der Waals surface area contributed by atoms with Gasteiger partial charge in [-0.25, -0.2) is 0 Å². The molecule has 2 rings (SSSR count). The van der Waals surface area contributed by atoms with Crippen LogP contribution in [0.25, 0.3) is 5.65 Å². The Morgan fingerprint density at radius 2 is 1.92 bits per heavy atom. The molecule has 0 fully saturated rings. The molecule has 12 heavy (non-hydrogen) atoms. The van der Waals surface area contributed by atoms with Crippen molar-refractivity contribution in [2.24, 2.45) is 0 Å². The third-order valence-electron chi connectivity index (χ3n) is 1.95. The van der Waals surface area contributed by atoms with Crippen molar-refractivity contribution in [2.45, 2.75) is 20.8 Å². The van der Waals surface area contributed by atoms with E-state index in [9.17, 15) is 0 Å². The number of hydrogen-bond acceptors (Lipinski definition) is 3. The molecule has 2 aromatic heterocycles. The average molecular weight is 162 g/mol. The van der Waals surface area contributed by atoms with Crippen molar-refractivity contribution in [1.82, 2.24) is 19.6 Å². The normalized spacial score (nSPS) is 10.9. The van der Waals surface area contributed by atoms with E-state index in [0.29, 0.717) is 0 Å². The van der Waals surface area contributed by atoms with Gasteiger partial charge in [-0.1, -0.05) is 0 Å². The molecule has 0 spiro atoms. The Labute approximate surface area is 70.3 Å². The highest BCUT2D eigenvalue weighted by atomic mass is 15.3. The number of hydrogen-bond donors (Lipinski definition) is 0. The fourth-order valence-corrected chi connectivity index (χ4v) is 1.32. The second kappa shape index (κ2) is 2.27. The zero-order valence-electron chi connectivity index (χ0n) is 7.37. The molecule has 0 atom stereocenters. The first-order chi connectivity index (χ1) is 5.70. The molecule has 0 radical (unpaired) electrons. The molecule has 0 aliphatic carbocycles. The average Bonchev–Trinajstić information content (AvgIpc) is 2.42. The summed E-state index contributed by atoms with van der Waals surface area (Å²) in [6.45, 7) is 5.87. The zero-order valence-corrected chi connectivity index (χ0v) is 7.37. The Bertz CT molecular complexity index is 430. The molecule has 0 aliphatic rings. The SMILES string of the molecule is Cc1ncc(C)n2c(C)nnc12. The maximum Gasteiger partial charge on any atom is 0.182 e. The number of rotatable bonds is 0. The van der Waals surface area contributed by atoms with Crippen molar-refractivity contribution in [1.29, 1.82) is 0 Å². The van der Waals surface area contributed by atoms with Gasteiger partial charge in [0.1, 0.15) is 5.82 Å². The highest BCUT2D eigenvalue weighted by Gasteiger charge is 2.05. The fourth-order valence-electron chi connectivity index (χ4n) is 1.32. The van der Waals surface area contributed by atoms with Gasteiger partial charge in [0.2, 0.25) is 0 Å². The van der Waals surface area contributed by atoms with Crippen molar-refractivity contribution in [3.63, 3.8) is 0 Å². The van der Waals surface area contributed by atoms with Crippen LogP contribution >= 0.6 is 0 Å². The summed E-state index contributed by atoms with van der Waals surface area (Å²) in [7, 11) is 0. The van der Waals surface area contributed by atoms with Crippen LogP contribution in [0, 0.1) is 20.8 Å². The van der Waals surface area contributed by atoms with Gasteiger partial charge in [-0.15, -0.1) is 10.2 Å². The highest BCUT2D eigenvalue weighted by Crippen LogP contribution is 2.08. The van der Waals surface area contributed by atoms with Crippen molar-refractivity contribution < 1.29 is 0 Å². The molecule has 2 heterocycles. The zero-order chi connectivity index (χ0) is 8.72. The van der Waals surface area contributed by atoms with E-state index in [2.05, 4.69) is 15.2 Å². The summed E-state index contributed by atoms with van der Waals surface area (Å²) in [5.74, 6) is 0.910. The Hall–Kier alpha value is -1.45. The summed E-state index contributed by atoms with van der Waals surface area (Å²) < 4.78 is 2.00. The Morgan fingerprint density at radius 1 is 1.17 bits per heavy atom. The van der Waals surface area contributed by atoms with Gasteiger partial charge >= 0.3 is 0 Å². The number of aryl methyl sites for hydroxylation is 3. The lowest BCUT2D eigenvalue weighted by Crippen LogP contribution is -1.97. The first kappa shape index (κ1) is 7.21. The quantitative estimate of drug-likeness (QED) is 0.581. The van der Waals surface area contributed by atoms with Crippen LogP contribution in [0.5, 0.6) is 0 Å². The molecular formula is C8H10N4. The van der Waals surface area contributed by atoms with Crippen molar-refractivity contribution in [2.75, 3.05) is 0 Å². The summed E-state index contributed by atoms with van der Waals surface area (Å²) in [6.07, 6.45) is 1.83. The largest absolute Gasteiger partial charge is 0.281 e. The van der Waals surface area contributed by atoms with E-state index in [4.69, 9.17) is 0 Å². The van der Waals surface area contributed by atoms with Crippen LogP contribution in [-0.4, -0.2) is 19.6 Å². The van der Waals surface area contributed by atoms with Crippen LogP contribution in [0.4, 0.5) is 0 Å². The third kappa shape index (κ3) is 0.809. The molecule has 0 aromatic carbocycles. The molecule has 0 bridgehead atoms. The fraction of sp³-hybridized carbons (Fsp3) is 0.375. The van der Waals surface area contributed by atoms with Gasteiger partial charge in [0.05, 0.1) is 5.69 Å². The predicted octanol–water partition coefficient (Wildman–Crippen LogP) is 1.05. The third-order valence-corrected chi connectivity index (χ3v) is 1.95. The first-order valence-corrected chi connectivity index (χ1v) is 3.84. The second-order valence-corrected chi connectivity index (χ2v) is 2.89. The highest BCUT2D eigenvalue weighted by molar-refractivity contribution is 5.43. The Morgan fingerprint density at radius 3 is 2.58 bits per heavy atom. The molecule has 62 valence electrons. The molecular weight excluding hydrogens is 152 g/mol. The van der Waals surface area contributed by atoms with E-state index in [1.807, 2.05) is 31.4 Å². The van der Waals surface area contributed by atoms with Gasteiger partial charge in [-0.2, -0.15) is 0 Å². The summed E-state index contributed by atoms with van der Waals surface area (Å²) >= 11 is 0. The molecule has 0 N–H and O–H groups in total. The van der Waals surface area contributed by atoms with Crippen molar-refractivity contribution in [3.05, 3.63) is 23.4 Å². The lowest BCUT2D eigenvalue weighted by Gasteiger charge is -2.00. The van der Waals surface area contributed by atoms with E-state index >= 15 is 0 Å². The van der Waals surface area contributed by atoms with E-state index < -0.39 is 0 Å². The van der Waals surface area contributed by atoms with Gasteiger partial charge in [-0.05, 0) is 20.8 Å². The van der Waals surface area contributed by atoms with Gasteiger partial charge < -0.3 is 0 Å². The number of fused-ring (bicyclic) bond motifs is 1. The maximum atomic E-state index is 4.20. The number of nitrogens with zero attached hydrogens (tertiary/aromatic N) is 4. The van der Waals surface area contributed by atoms with Crippen LogP contribution in [0.3, 0.4) is 0 Å². The van der Waals surface area contributed by atoms with Gasteiger partial charge in [0, 0.05) is 11.9 Å². The van der Waals surface area contributed by atoms with Crippen LogP contribution in [0.1, 0.15) is 17.2 Å². The van der Waals surface area contributed by atoms with E-state index in [1.165, 1.54) is 0 Å². The van der Waals surface area contributed by atoms with Crippen molar-refractivity contribution >= 4 is 5.65 Å². The molecule has 2 aromatic rings. The minimum absolute atomic E-state index is 0.854. The summed E-state index contributed by atoms with van der Waals surface area (Å²) in [6, 6.07) is 0. The van der Waals surface area contributed by atoms with Gasteiger partial charge in [0.15, 0.2) is 5.65 Å².